The van der Waals surface area contributed by atoms with Gasteiger partial charge in [0.1, 0.15) is 23.1 Å². The molecule has 1 saturated carbocycles. The number of hydrogen-bond acceptors (Lipinski definition) is 6. The fourth-order valence-electron chi connectivity index (χ4n) is 5.85. The molecule has 224 valence electrons. The number of carbonyl (C=O) groups is 1. The van der Waals surface area contributed by atoms with Crippen molar-refractivity contribution in [2.45, 2.75) is 77.5 Å². The fraction of sp³-hybridized carbons (Fsp3) is 0.455. The first-order chi connectivity index (χ1) is 19.9. The summed E-state index contributed by atoms with van der Waals surface area (Å²) in [6, 6.07) is 9.87. The summed E-state index contributed by atoms with van der Waals surface area (Å²) in [5.74, 6) is 1.10. The van der Waals surface area contributed by atoms with E-state index in [1.165, 1.54) is 22.8 Å². The Labute approximate surface area is 245 Å². The molecule has 8 nitrogen and oxygen atoms in total. The van der Waals surface area contributed by atoms with E-state index in [1.807, 2.05) is 11.0 Å². The molecule has 1 N–H and O–H groups in total. The number of rotatable bonds is 7. The average molecular weight is 579 g/mol. The average Bonchev–Trinajstić information content (AvgIpc) is 2.93. The van der Waals surface area contributed by atoms with Crippen molar-refractivity contribution in [3.05, 3.63) is 75.5 Å². The topological polar surface area (TPSA) is 90.2 Å². The summed E-state index contributed by atoms with van der Waals surface area (Å²) < 4.78 is 33.7. The summed E-state index contributed by atoms with van der Waals surface area (Å²) in [5, 5.41) is 10.8. The predicted octanol–water partition coefficient (Wildman–Crippen LogP) is 6.36. The van der Waals surface area contributed by atoms with Crippen molar-refractivity contribution in [3.8, 4) is 28.4 Å². The maximum atomic E-state index is 14.0. The Morgan fingerprint density at radius 2 is 1.67 bits per heavy atom. The van der Waals surface area contributed by atoms with E-state index in [-0.39, 0.29) is 29.6 Å². The number of aromatic nitrogens is 1. The van der Waals surface area contributed by atoms with Crippen molar-refractivity contribution in [3.63, 3.8) is 0 Å². The van der Waals surface area contributed by atoms with E-state index in [9.17, 15) is 19.1 Å². The molecule has 2 aliphatic rings. The molecule has 0 radical (unpaired) electrons. The number of pyridine rings is 1. The molecule has 1 saturated heterocycles. The summed E-state index contributed by atoms with van der Waals surface area (Å²) in [6.07, 6.45) is 5.19. The third-order valence-corrected chi connectivity index (χ3v) is 8.19. The van der Waals surface area contributed by atoms with E-state index in [0.29, 0.717) is 58.2 Å². The summed E-state index contributed by atoms with van der Waals surface area (Å²) >= 11 is 0. The van der Waals surface area contributed by atoms with Gasteiger partial charge in [-0.25, -0.2) is 9.18 Å². The molecule has 1 aliphatic heterocycles. The largest absolute Gasteiger partial charge is 0.490 e. The molecule has 5 rings (SSSR count). The molecular formula is C33H39FN2O6. The number of aliphatic hydroxyl groups is 1. The van der Waals surface area contributed by atoms with Gasteiger partial charge < -0.3 is 28.8 Å². The quantitative estimate of drug-likeness (QED) is 0.351. The molecule has 0 spiro atoms. The Bertz CT molecular complexity index is 1510. The first kappa shape index (κ1) is 29.6. The zero-order chi connectivity index (χ0) is 30.2. The molecule has 9 heteroatoms. The van der Waals surface area contributed by atoms with Crippen LogP contribution in [0.15, 0.2) is 47.4 Å². The highest BCUT2D eigenvalue weighted by molar-refractivity contribution is 5.76. The SMILES string of the molecule is Cc1cc(F)cc(C)c1Oc1ccc(C(C)(C)O)cc1-c1cn(C)c(=O)cc1OC1CCC(N2CCCOC2=O)CC1. The molecule has 1 aliphatic carbocycles. The van der Waals surface area contributed by atoms with Crippen molar-refractivity contribution < 1.29 is 28.5 Å². The van der Waals surface area contributed by atoms with Crippen LogP contribution in [-0.2, 0) is 17.4 Å². The number of ether oxygens (including phenoxy) is 3. The van der Waals surface area contributed by atoms with Crippen LogP contribution in [0.3, 0.4) is 0 Å². The van der Waals surface area contributed by atoms with E-state index in [1.54, 1.807) is 53.1 Å². The normalized spacial score (nSPS) is 19.4. The van der Waals surface area contributed by atoms with Gasteiger partial charge in [-0.15, -0.1) is 0 Å². The van der Waals surface area contributed by atoms with Crippen molar-refractivity contribution in [1.82, 2.24) is 9.47 Å². The van der Waals surface area contributed by atoms with Crippen LogP contribution in [0.5, 0.6) is 17.2 Å². The van der Waals surface area contributed by atoms with Gasteiger partial charge in [0, 0.05) is 43.0 Å². The molecule has 1 amide bonds. The zero-order valence-corrected chi connectivity index (χ0v) is 24.9. The minimum absolute atomic E-state index is 0.117. The van der Waals surface area contributed by atoms with E-state index in [4.69, 9.17) is 14.2 Å². The van der Waals surface area contributed by atoms with Crippen LogP contribution in [0.25, 0.3) is 11.1 Å². The third kappa shape index (κ3) is 6.31. The maximum Gasteiger partial charge on any atom is 0.410 e. The predicted molar refractivity (Wildman–Crippen MR) is 158 cm³/mol. The summed E-state index contributed by atoms with van der Waals surface area (Å²) in [7, 11) is 1.67. The Balaban J connectivity index is 1.49. The van der Waals surface area contributed by atoms with Gasteiger partial charge in [-0.2, -0.15) is 0 Å². The zero-order valence-electron chi connectivity index (χ0n) is 24.9. The second kappa shape index (κ2) is 11.8. The highest BCUT2D eigenvalue weighted by atomic mass is 19.1. The number of halogens is 1. The molecule has 2 aromatic carbocycles. The summed E-state index contributed by atoms with van der Waals surface area (Å²) in [4.78, 5) is 26.9. The van der Waals surface area contributed by atoms with Gasteiger partial charge in [-0.3, -0.25) is 4.79 Å². The Morgan fingerprint density at radius 3 is 2.31 bits per heavy atom. The van der Waals surface area contributed by atoms with Crippen LogP contribution in [0, 0.1) is 19.7 Å². The molecule has 0 bridgehead atoms. The summed E-state index contributed by atoms with van der Waals surface area (Å²) in [5.41, 5.74) is 1.87. The van der Waals surface area contributed by atoms with E-state index < -0.39 is 5.60 Å². The van der Waals surface area contributed by atoms with Crippen LogP contribution in [0.1, 0.15) is 62.6 Å². The van der Waals surface area contributed by atoms with Gasteiger partial charge >= 0.3 is 6.09 Å². The lowest BCUT2D eigenvalue weighted by Crippen LogP contribution is -2.47. The van der Waals surface area contributed by atoms with Crippen LogP contribution >= 0.6 is 0 Å². The van der Waals surface area contributed by atoms with Gasteiger partial charge in [0.25, 0.3) is 5.56 Å². The van der Waals surface area contributed by atoms with E-state index in [2.05, 4.69) is 0 Å². The monoisotopic (exact) mass is 578 g/mol. The summed E-state index contributed by atoms with van der Waals surface area (Å²) in [6.45, 7) is 8.17. The highest BCUT2D eigenvalue weighted by Crippen LogP contribution is 2.42. The third-order valence-electron chi connectivity index (χ3n) is 8.19. The molecule has 2 heterocycles. The smallest absolute Gasteiger partial charge is 0.410 e. The van der Waals surface area contributed by atoms with Crippen LogP contribution < -0.4 is 15.0 Å². The number of amides is 1. The lowest BCUT2D eigenvalue weighted by molar-refractivity contribution is 0.0342. The van der Waals surface area contributed by atoms with Crippen LogP contribution in [0.2, 0.25) is 0 Å². The minimum atomic E-state index is -1.13. The lowest BCUT2D eigenvalue weighted by atomic mass is 9.91. The molecule has 0 atom stereocenters. The second-order valence-electron chi connectivity index (χ2n) is 12.0. The Kier molecular flexibility index (Phi) is 8.32. The fourth-order valence-corrected chi connectivity index (χ4v) is 5.85. The number of nitrogens with zero attached hydrogens (tertiary/aromatic N) is 2. The van der Waals surface area contributed by atoms with Gasteiger partial charge in [-0.05, 0) is 101 Å². The molecule has 1 aromatic heterocycles. The van der Waals surface area contributed by atoms with Crippen molar-refractivity contribution in [2.24, 2.45) is 7.05 Å². The molecule has 42 heavy (non-hydrogen) atoms. The van der Waals surface area contributed by atoms with E-state index >= 15 is 0 Å². The number of aryl methyl sites for hydroxylation is 3. The number of carbonyl (C=O) groups excluding carboxylic acids is 1. The standard InChI is InChI=1S/C33H39FN2O6/c1-20-15-23(34)16-21(2)31(20)42-28-12-7-22(33(3,4)39)17-26(28)27-19-35(5)30(37)18-29(27)41-25-10-8-24(9-11-25)36-13-6-14-40-32(36)38/h7,12,15-19,24-25,39H,6,8-11,13-14H2,1-5H3. The Hall–Kier alpha value is -3.85. The molecular weight excluding hydrogens is 539 g/mol. The minimum Gasteiger partial charge on any atom is -0.490 e. The number of hydrogen-bond donors (Lipinski definition) is 1. The number of benzene rings is 2. The van der Waals surface area contributed by atoms with Gasteiger partial charge in [-0.1, -0.05) is 6.07 Å². The maximum absolute atomic E-state index is 14.0. The molecule has 0 unspecified atom stereocenters. The Morgan fingerprint density at radius 1 is 0.976 bits per heavy atom. The van der Waals surface area contributed by atoms with Gasteiger partial charge in [0.15, 0.2) is 0 Å². The molecule has 2 fully saturated rings. The highest BCUT2D eigenvalue weighted by Gasteiger charge is 2.32. The number of cyclic esters (lactones) is 1. The first-order valence-electron chi connectivity index (χ1n) is 14.5. The van der Waals surface area contributed by atoms with Crippen molar-refractivity contribution >= 4 is 6.09 Å². The van der Waals surface area contributed by atoms with Crippen molar-refractivity contribution in [2.75, 3.05) is 13.2 Å². The first-order valence-corrected chi connectivity index (χ1v) is 14.5. The second-order valence-corrected chi connectivity index (χ2v) is 12.0. The van der Waals surface area contributed by atoms with Gasteiger partial charge in [0.05, 0.1) is 18.3 Å². The van der Waals surface area contributed by atoms with Crippen LogP contribution in [-0.4, -0.2) is 46.0 Å². The van der Waals surface area contributed by atoms with E-state index in [0.717, 1.165) is 32.1 Å². The lowest BCUT2D eigenvalue weighted by Gasteiger charge is -2.38. The molecule has 3 aromatic rings. The van der Waals surface area contributed by atoms with Crippen molar-refractivity contribution in [1.29, 1.82) is 0 Å². The van der Waals surface area contributed by atoms with Gasteiger partial charge in [0.2, 0.25) is 0 Å². The van der Waals surface area contributed by atoms with Crippen LogP contribution in [0.4, 0.5) is 9.18 Å².